The Morgan fingerprint density at radius 1 is 1.44 bits per heavy atom. The molecule has 18 heavy (non-hydrogen) atoms. The summed E-state index contributed by atoms with van der Waals surface area (Å²) < 4.78 is 6.36. The molecule has 0 spiro atoms. The summed E-state index contributed by atoms with van der Waals surface area (Å²) in [7, 11) is 0. The number of aliphatic hydroxyl groups excluding tert-OH is 1. The van der Waals surface area contributed by atoms with Crippen molar-refractivity contribution in [1.82, 2.24) is 5.32 Å². The summed E-state index contributed by atoms with van der Waals surface area (Å²) in [6.07, 6.45) is -0.449. The van der Waals surface area contributed by atoms with Crippen molar-refractivity contribution < 1.29 is 14.6 Å². The van der Waals surface area contributed by atoms with Gasteiger partial charge in [0.25, 0.3) is 5.91 Å². The molecule has 0 saturated carbocycles. The van der Waals surface area contributed by atoms with Crippen LogP contribution >= 0.6 is 15.9 Å². The number of aliphatic hydroxyl groups is 1. The Hall–Kier alpha value is -1.07. The molecule has 0 fully saturated rings. The van der Waals surface area contributed by atoms with Crippen molar-refractivity contribution in [3.8, 4) is 5.75 Å². The van der Waals surface area contributed by atoms with Crippen molar-refractivity contribution in [2.45, 2.75) is 32.5 Å². The van der Waals surface area contributed by atoms with Crippen LogP contribution in [0.3, 0.4) is 0 Å². The van der Waals surface area contributed by atoms with Crippen LogP contribution in [0.1, 0.15) is 20.3 Å². The molecule has 4 nitrogen and oxygen atoms in total. The van der Waals surface area contributed by atoms with Gasteiger partial charge in [0.05, 0.1) is 10.6 Å². The maximum absolute atomic E-state index is 11.7. The maximum atomic E-state index is 11.7. The van der Waals surface area contributed by atoms with E-state index in [-0.39, 0.29) is 5.91 Å². The Morgan fingerprint density at radius 2 is 2.11 bits per heavy atom. The summed E-state index contributed by atoms with van der Waals surface area (Å²) in [5.74, 6) is 0.446. The van der Waals surface area contributed by atoms with E-state index >= 15 is 0 Å². The van der Waals surface area contributed by atoms with E-state index in [1.54, 1.807) is 19.9 Å². The average Bonchev–Trinajstić information content (AvgIpc) is 2.31. The molecule has 0 aliphatic carbocycles. The highest BCUT2D eigenvalue weighted by molar-refractivity contribution is 9.10. The van der Waals surface area contributed by atoms with E-state index in [2.05, 4.69) is 21.2 Å². The highest BCUT2D eigenvalue weighted by Crippen LogP contribution is 2.24. The minimum atomic E-state index is -0.572. The third-order valence-electron chi connectivity index (χ3n) is 2.37. The van der Waals surface area contributed by atoms with Crippen molar-refractivity contribution in [3.63, 3.8) is 0 Å². The second kappa shape index (κ2) is 7.38. The Kier molecular flexibility index (Phi) is 6.15. The fourth-order valence-corrected chi connectivity index (χ4v) is 1.71. The molecule has 0 aromatic heterocycles. The van der Waals surface area contributed by atoms with Gasteiger partial charge in [0, 0.05) is 6.54 Å². The molecular formula is C13H18BrNO3. The first-order chi connectivity index (χ1) is 8.50. The van der Waals surface area contributed by atoms with Crippen LogP contribution in [0.15, 0.2) is 28.7 Å². The topological polar surface area (TPSA) is 58.6 Å². The number of rotatable bonds is 6. The van der Waals surface area contributed by atoms with Crippen LogP contribution in [-0.4, -0.2) is 29.8 Å². The molecule has 1 aromatic carbocycles. The summed E-state index contributed by atoms with van der Waals surface area (Å²) in [4.78, 5) is 11.7. The van der Waals surface area contributed by atoms with Gasteiger partial charge in [-0.2, -0.15) is 0 Å². The zero-order valence-electron chi connectivity index (χ0n) is 10.5. The van der Waals surface area contributed by atoms with Crippen LogP contribution < -0.4 is 10.1 Å². The molecule has 0 aliphatic rings. The van der Waals surface area contributed by atoms with Gasteiger partial charge in [0.2, 0.25) is 0 Å². The summed E-state index contributed by atoms with van der Waals surface area (Å²) >= 11 is 3.36. The second-order valence-electron chi connectivity index (χ2n) is 4.12. The van der Waals surface area contributed by atoms with Gasteiger partial charge in [0.15, 0.2) is 6.10 Å². The van der Waals surface area contributed by atoms with Gasteiger partial charge in [-0.3, -0.25) is 4.79 Å². The van der Waals surface area contributed by atoms with Crippen LogP contribution in [0.2, 0.25) is 0 Å². The normalized spacial score (nSPS) is 13.8. The lowest BCUT2D eigenvalue weighted by molar-refractivity contribution is -0.127. The fourth-order valence-electron chi connectivity index (χ4n) is 1.33. The molecule has 0 heterocycles. The molecule has 1 amide bonds. The van der Waals surface area contributed by atoms with Crippen LogP contribution in [0, 0.1) is 0 Å². The maximum Gasteiger partial charge on any atom is 0.260 e. The molecule has 1 aromatic rings. The van der Waals surface area contributed by atoms with Crippen molar-refractivity contribution >= 4 is 21.8 Å². The first-order valence-corrected chi connectivity index (χ1v) is 6.67. The zero-order chi connectivity index (χ0) is 13.5. The van der Waals surface area contributed by atoms with Gasteiger partial charge in [-0.1, -0.05) is 12.1 Å². The van der Waals surface area contributed by atoms with E-state index in [1.165, 1.54) is 0 Å². The Labute approximate surface area is 115 Å². The molecule has 0 aliphatic heterocycles. The van der Waals surface area contributed by atoms with Gasteiger partial charge in [-0.15, -0.1) is 0 Å². The van der Waals surface area contributed by atoms with Gasteiger partial charge in [-0.25, -0.2) is 0 Å². The number of nitrogens with one attached hydrogen (secondary N) is 1. The predicted octanol–water partition coefficient (Wildman–Crippen LogP) is 2.10. The molecule has 0 radical (unpaired) electrons. The summed E-state index contributed by atoms with van der Waals surface area (Å²) in [5.41, 5.74) is 0. The minimum Gasteiger partial charge on any atom is -0.480 e. The number of amides is 1. The van der Waals surface area contributed by atoms with E-state index in [4.69, 9.17) is 9.84 Å². The minimum absolute atomic E-state index is 0.189. The number of hydrogen-bond donors (Lipinski definition) is 2. The predicted molar refractivity (Wildman–Crippen MR) is 73.5 cm³/mol. The molecule has 2 unspecified atom stereocenters. The van der Waals surface area contributed by atoms with E-state index in [1.807, 2.05) is 18.2 Å². The zero-order valence-corrected chi connectivity index (χ0v) is 12.1. The highest BCUT2D eigenvalue weighted by Gasteiger charge is 2.15. The number of benzene rings is 1. The SMILES string of the molecule is CC(O)CCNC(=O)C(C)Oc1ccccc1Br. The van der Waals surface area contributed by atoms with E-state index in [0.29, 0.717) is 18.7 Å². The average molecular weight is 316 g/mol. The summed E-state index contributed by atoms with van der Waals surface area (Å²) in [6.45, 7) is 3.82. The van der Waals surface area contributed by atoms with Gasteiger partial charge in [-0.05, 0) is 48.3 Å². The van der Waals surface area contributed by atoms with Crippen molar-refractivity contribution in [3.05, 3.63) is 28.7 Å². The van der Waals surface area contributed by atoms with Gasteiger partial charge < -0.3 is 15.2 Å². The molecule has 0 saturated heterocycles. The quantitative estimate of drug-likeness (QED) is 0.845. The second-order valence-corrected chi connectivity index (χ2v) is 4.97. The largest absolute Gasteiger partial charge is 0.480 e. The number of carbonyl (C=O) groups is 1. The van der Waals surface area contributed by atoms with Crippen LogP contribution in [0.25, 0.3) is 0 Å². The standard InChI is InChI=1S/C13H18BrNO3/c1-9(16)7-8-15-13(17)10(2)18-12-6-4-3-5-11(12)14/h3-6,9-10,16H,7-8H2,1-2H3,(H,15,17). The van der Waals surface area contributed by atoms with Crippen LogP contribution in [-0.2, 0) is 4.79 Å². The lowest BCUT2D eigenvalue weighted by atomic mass is 10.3. The van der Waals surface area contributed by atoms with Crippen molar-refractivity contribution in [2.75, 3.05) is 6.54 Å². The molecule has 2 N–H and O–H groups in total. The lowest BCUT2D eigenvalue weighted by Crippen LogP contribution is -2.37. The number of para-hydroxylation sites is 1. The van der Waals surface area contributed by atoms with Crippen LogP contribution in [0.5, 0.6) is 5.75 Å². The van der Waals surface area contributed by atoms with Crippen molar-refractivity contribution in [2.24, 2.45) is 0 Å². The smallest absolute Gasteiger partial charge is 0.260 e. The number of halogens is 1. The monoisotopic (exact) mass is 315 g/mol. The highest BCUT2D eigenvalue weighted by atomic mass is 79.9. The molecule has 1 rings (SSSR count). The van der Waals surface area contributed by atoms with Crippen LogP contribution in [0.4, 0.5) is 0 Å². The third-order valence-corrected chi connectivity index (χ3v) is 3.03. The third kappa shape index (κ3) is 5.06. The number of carbonyl (C=O) groups excluding carboxylic acids is 1. The van der Waals surface area contributed by atoms with E-state index < -0.39 is 12.2 Å². The van der Waals surface area contributed by atoms with Gasteiger partial charge in [0.1, 0.15) is 5.75 Å². The Morgan fingerprint density at radius 3 is 2.72 bits per heavy atom. The first-order valence-electron chi connectivity index (χ1n) is 5.87. The summed E-state index contributed by atoms with van der Waals surface area (Å²) in [5, 5.41) is 11.8. The molecule has 0 bridgehead atoms. The summed E-state index contributed by atoms with van der Waals surface area (Å²) in [6, 6.07) is 7.37. The van der Waals surface area contributed by atoms with E-state index in [0.717, 1.165) is 4.47 Å². The molecule has 2 atom stereocenters. The Balaban J connectivity index is 2.43. The van der Waals surface area contributed by atoms with Crippen molar-refractivity contribution in [1.29, 1.82) is 0 Å². The number of hydrogen-bond acceptors (Lipinski definition) is 3. The lowest BCUT2D eigenvalue weighted by Gasteiger charge is -2.15. The fraction of sp³-hybridized carbons (Fsp3) is 0.462. The van der Waals surface area contributed by atoms with Gasteiger partial charge >= 0.3 is 0 Å². The Bertz CT molecular complexity index is 396. The van der Waals surface area contributed by atoms with E-state index in [9.17, 15) is 4.79 Å². The first kappa shape index (κ1) is 15.0. The number of ether oxygens (including phenoxy) is 1. The molecular weight excluding hydrogens is 298 g/mol. The molecule has 100 valence electrons. The molecule has 5 heteroatoms.